The predicted molar refractivity (Wildman–Crippen MR) is 99.0 cm³/mol. The van der Waals surface area contributed by atoms with Crippen LogP contribution in [0, 0.1) is 0 Å². The number of carbonyl (C=O) groups is 1. The highest BCUT2D eigenvalue weighted by Gasteiger charge is 2.18. The van der Waals surface area contributed by atoms with Crippen LogP contribution in [0.2, 0.25) is 0 Å². The highest BCUT2D eigenvalue weighted by Crippen LogP contribution is 2.29. The second kappa shape index (κ2) is 7.58. The lowest BCUT2D eigenvalue weighted by Gasteiger charge is -2.11. The number of carbonyl (C=O) groups excluding carboxylic acids is 1. The monoisotopic (exact) mass is 371 g/mol. The summed E-state index contributed by atoms with van der Waals surface area (Å²) in [7, 11) is 1.70. The Morgan fingerprint density at radius 3 is 2.81 bits per heavy atom. The Kier molecular flexibility index (Phi) is 5.22. The molecule has 0 spiro atoms. The third kappa shape index (κ3) is 3.41. The number of aromatic nitrogens is 4. The number of nitrogens with one attached hydrogen (secondary N) is 2. The van der Waals surface area contributed by atoms with Gasteiger partial charge < -0.3 is 9.72 Å². The molecule has 1 aromatic carbocycles. The molecule has 3 N–H and O–H groups in total. The molecular weight excluding hydrogens is 350 g/mol. The Morgan fingerprint density at radius 2 is 2.15 bits per heavy atom. The molecule has 0 unspecified atom stereocenters. The molecule has 0 aliphatic carbocycles. The van der Waals surface area contributed by atoms with E-state index in [2.05, 4.69) is 15.1 Å². The zero-order chi connectivity index (χ0) is 19.6. The van der Waals surface area contributed by atoms with Crippen molar-refractivity contribution in [2.75, 3.05) is 6.61 Å². The molecule has 2 heterocycles. The summed E-state index contributed by atoms with van der Waals surface area (Å²) in [4.78, 5) is 31.8. The van der Waals surface area contributed by atoms with Gasteiger partial charge in [-0.1, -0.05) is 13.3 Å². The topological polar surface area (TPSA) is 122 Å². The van der Waals surface area contributed by atoms with Crippen LogP contribution in [0.5, 0.6) is 5.75 Å². The van der Waals surface area contributed by atoms with Gasteiger partial charge in [-0.05, 0) is 31.5 Å². The number of H-pyrrole nitrogens is 1. The average molecular weight is 371 g/mol. The lowest BCUT2D eigenvalue weighted by molar-refractivity contribution is 0.0706. The minimum Gasteiger partial charge on any atom is -0.493 e. The molecule has 0 radical (unpaired) electrons. The van der Waals surface area contributed by atoms with E-state index >= 15 is 0 Å². The van der Waals surface area contributed by atoms with E-state index in [4.69, 9.17) is 9.94 Å². The molecular formula is C18H21N5O4. The van der Waals surface area contributed by atoms with Crippen molar-refractivity contribution in [3.05, 3.63) is 39.8 Å². The quantitative estimate of drug-likeness (QED) is 0.449. The second-order valence-electron chi connectivity index (χ2n) is 6.02. The fraction of sp³-hybridized carbons (Fsp3) is 0.333. The molecule has 0 atom stereocenters. The SMILES string of the molecule is CCCc1nn(C)c2c(=O)[nH]c(-c3cc(C(=O)NO)ccc3OCC)nc12. The molecule has 27 heavy (non-hydrogen) atoms. The first kappa shape index (κ1) is 18.6. The van der Waals surface area contributed by atoms with E-state index in [-0.39, 0.29) is 16.9 Å². The van der Waals surface area contributed by atoms with E-state index in [0.717, 1.165) is 12.1 Å². The summed E-state index contributed by atoms with van der Waals surface area (Å²) in [5.74, 6) is 0.0695. The van der Waals surface area contributed by atoms with Gasteiger partial charge in [-0.3, -0.25) is 19.5 Å². The first-order valence-corrected chi connectivity index (χ1v) is 8.67. The summed E-state index contributed by atoms with van der Waals surface area (Å²) >= 11 is 0. The fourth-order valence-electron chi connectivity index (χ4n) is 2.98. The molecule has 0 fully saturated rings. The number of ether oxygens (including phenoxy) is 1. The molecule has 1 amide bonds. The van der Waals surface area contributed by atoms with E-state index in [1.54, 1.807) is 18.6 Å². The van der Waals surface area contributed by atoms with E-state index in [1.807, 2.05) is 13.8 Å². The van der Waals surface area contributed by atoms with Crippen LogP contribution < -0.4 is 15.8 Å². The molecule has 0 bridgehead atoms. The Bertz CT molecular complexity index is 1050. The van der Waals surface area contributed by atoms with Crippen LogP contribution in [0.25, 0.3) is 22.4 Å². The Morgan fingerprint density at radius 1 is 1.37 bits per heavy atom. The molecule has 142 valence electrons. The highest BCUT2D eigenvalue weighted by atomic mass is 16.5. The van der Waals surface area contributed by atoms with Crippen molar-refractivity contribution < 1.29 is 14.7 Å². The predicted octanol–water partition coefficient (Wildman–Crippen LogP) is 1.79. The maximum atomic E-state index is 12.6. The van der Waals surface area contributed by atoms with Crippen LogP contribution in [-0.4, -0.2) is 37.5 Å². The van der Waals surface area contributed by atoms with Crippen molar-refractivity contribution >= 4 is 16.9 Å². The molecule has 3 aromatic rings. The van der Waals surface area contributed by atoms with Crippen molar-refractivity contribution in [3.63, 3.8) is 0 Å². The number of benzene rings is 1. The normalized spacial score (nSPS) is 11.0. The van der Waals surface area contributed by atoms with Gasteiger partial charge in [-0.2, -0.15) is 5.10 Å². The Hall–Kier alpha value is -3.20. The van der Waals surface area contributed by atoms with Crippen LogP contribution in [0.3, 0.4) is 0 Å². The minimum atomic E-state index is -0.671. The van der Waals surface area contributed by atoms with Gasteiger partial charge in [0.1, 0.15) is 17.1 Å². The van der Waals surface area contributed by atoms with E-state index < -0.39 is 5.91 Å². The van der Waals surface area contributed by atoms with Gasteiger partial charge in [0.15, 0.2) is 5.52 Å². The first-order chi connectivity index (χ1) is 13.0. The summed E-state index contributed by atoms with van der Waals surface area (Å²) in [6, 6.07) is 4.63. The summed E-state index contributed by atoms with van der Waals surface area (Å²) in [5.41, 5.74) is 3.58. The third-order valence-electron chi connectivity index (χ3n) is 4.15. The number of amides is 1. The number of aromatic amines is 1. The van der Waals surface area contributed by atoms with Crippen LogP contribution >= 0.6 is 0 Å². The second-order valence-corrected chi connectivity index (χ2v) is 6.02. The van der Waals surface area contributed by atoms with E-state index in [1.165, 1.54) is 16.8 Å². The van der Waals surface area contributed by atoms with Crippen molar-refractivity contribution in [3.8, 4) is 17.1 Å². The van der Waals surface area contributed by atoms with Crippen molar-refractivity contribution in [2.45, 2.75) is 26.7 Å². The molecule has 0 aliphatic heterocycles. The molecule has 0 saturated heterocycles. The number of hydroxylamine groups is 1. The zero-order valence-electron chi connectivity index (χ0n) is 15.4. The Labute approximate surface area is 155 Å². The van der Waals surface area contributed by atoms with Gasteiger partial charge >= 0.3 is 0 Å². The number of nitrogens with zero attached hydrogens (tertiary/aromatic N) is 3. The summed E-state index contributed by atoms with van der Waals surface area (Å²) < 4.78 is 7.14. The maximum absolute atomic E-state index is 12.6. The third-order valence-corrected chi connectivity index (χ3v) is 4.15. The number of hydrogen-bond acceptors (Lipinski definition) is 6. The minimum absolute atomic E-state index is 0.207. The lowest BCUT2D eigenvalue weighted by Crippen LogP contribution is -2.19. The van der Waals surface area contributed by atoms with E-state index in [9.17, 15) is 9.59 Å². The largest absolute Gasteiger partial charge is 0.493 e. The molecule has 0 aliphatic rings. The van der Waals surface area contributed by atoms with Crippen LogP contribution in [0.4, 0.5) is 0 Å². The highest BCUT2D eigenvalue weighted by molar-refractivity contribution is 5.95. The first-order valence-electron chi connectivity index (χ1n) is 8.67. The Balaban J connectivity index is 2.26. The number of rotatable bonds is 6. The number of aryl methyl sites for hydroxylation is 2. The number of hydrogen-bond donors (Lipinski definition) is 3. The standard InChI is InChI=1S/C18H21N5O4/c1-4-6-12-14-15(23(3)21-12)18(25)20-16(19-14)11-9-10(17(24)22-26)7-8-13(11)27-5-2/h7-9,26H,4-6H2,1-3H3,(H,22,24)(H,19,20,25). The lowest BCUT2D eigenvalue weighted by atomic mass is 10.1. The smallest absolute Gasteiger partial charge is 0.277 e. The number of fused-ring (bicyclic) bond motifs is 1. The van der Waals surface area contributed by atoms with Gasteiger partial charge in [0.05, 0.1) is 17.9 Å². The average Bonchev–Trinajstić information content (AvgIpc) is 2.98. The van der Waals surface area contributed by atoms with Crippen LogP contribution in [-0.2, 0) is 13.5 Å². The molecule has 0 saturated carbocycles. The summed E-state index contributed by atoms with van der Waals surface area (Å²) in [6.45, 7) is 4.26. The van der Waals surface area contributed by atoms with Gasteiger partial charge in [-0.25, -0.2) is 10.5 Å². The molecule has 3 rings (SSSR count). The van der Waals surface area contributed by atoms with E-state index in [0.29, 0.717) is 35.4 Å². The van der Waals surface area contributed by atoms with Gasteiger partial charge in [0.2, 0.25) is 0 Å². The fourth-order valence-corrected chi connectivity index (χ4v) is 2.98. The maximum Gasteiger partial charge on any atom is 0.277 e. The molecule has 9 heteroatoms. The van der Waals surface area contributed by atoms with Crippen LogP contribution in [0.1, 0.15) is 36.3 Å². The molecule has 2 aromatic heterocycles. The van der Waals surface area contributed by atoms with Crippen molar-refractivity contribution in [1.29, 1.82) is 0 Å². The van der Waals surface area contributed by atoms with Gasteiger partial charge in [0.25, 0.3) is 11.5 Å². The van der Waals surface area contributed by atoms with Crippen molar-refractivity contribution in [1.82, 2.24) is 25.2 Å². The summed E-state index contributed by atoms with van der Waals surface area (Å²) in [5, 5.41) is 13.3. The zero-order valence-corrected chi connectivity index (χ0v) is 15.4. The van der Waals surface area contributed by atoms with Crippen LogP contribution in [0.15, 0.2) is 23.0 Å². The van der Waals surface area contributed by atoms with Gasteiger partial charge in [-0.15, -0.1) is 0 Å². The molecule has 9 nitrogen and oxygen atoms in total. The summed E-state index contributed by atoms with van der Waals surface area (Å²) in [6.07, 6.45) is 1.56. The van der Waals surface area contributed by atoms with Crippen molar-refractivity contribution in [2.24, 2.45) is 7.05 Å². The van der Waals surface area contributed by atoms with Gasteiger partial charge in [0, 0.05) is 12.6 Å².